The van der Waals surface area contributed by atoms with E-state index >= 15 is 0 Å². The Hall–Kier alpha value is -1.43. The Balaban J connectivity index is 1.79. The summed E-state index contributed by atoms with van der Waals surface area (Å²) in [6.07, 6.45) is 3.39. The molecule has 1 aliphatic carbocycles. The second kappa shape index (κ2) is 7.43. The summed E-state index contributed by atoms with van der Waals surface area (Å²) in [6, 6.07) is 5.70. The van der Waals surface area contributed by atoms with Gasteiger partial charge in [0.25, 0.3) is 0 Å². The second-order valence-corrected chi connectivity index (χ2v) is 7.78. The van der Waals surface area contributed by atoms with Gasteiger partial charge in [-0.3, -0.25) is 0 Å². The van der Waals surface area contributed by atoms with Crippen molar-refractivity contribution in [1.82, 2.24) is 5.32 Å². The first kappa shape index (κ1) is 17.9. The molecular weight excluding hydrogens is 360 g/mol. The van der Waals surface area contributed by atoms with Crippen molar-refractivity contribution < 1.29 is 14.3 Å². The van der Waals surface area contributed by atoms with E-state index in [1.807, 2.05) is 39.0 Å². The van der Waals surface area contributed by atoms with E-state index in [2.05, 4.69) is 21.2 Å². The standard InChI is InChI=1S/C17H25BrN2O3/c1-17(2,3)23-16(21)20-12-5-7-13(8-6-12)22-15-9-4-11(19)10-14(15)18/h4,9-10,12-13H,5-8,19H2,1-3H3,(H,20,21). The molecule has 0 saturated heterocycles. The van der Waals surface area contributed by atoms with Crippen LogP contribution in [0.3, 0.4) is 0 Å². The van der Waals surface area contributed by atoms with E-state index in [1.165, 1.54) is 0 Å². The van der Waals surface area contributed by atoms with E-state index in [0.717, 1.165) is 35.9 Å². The number of anilines is 1. The maximum atomic E-state index is 11.8. The van der Waals surface area contributed by atoms with Crippen molar-refractivity contribution in [2.24, 2.45) is 0 Å². The zero-order valence-corrected chi connectivity index (χ0v) is 15.5. The highest BCUT2D eigenvalue weighted by atomic mass is 79.9. The SMILES string of the molecule is CC(C)(C)OC(=O)NC1CCC(Oc2ccc(N)cc2Br)CC1. The third-order valence-corrected chi connectivity index (χ3v) is 4.26. The van der Waals surface area contributed by atoms with Crippen LogP contribution in [0.1, 0.15) is 46.5 Å². The lowest BCUT2D eigenvalue weighted by molar-refractivity contribution is 0.0470. The zero-order valence-electron chi connectivity index (χ0n) is 13.9. The minimum Gasteiger partial charge on any atom is -0.489 e. The number of benzene rings is 1. The maximum Gasteiger partial charge on any atom is 0.407 e. The molecule has 0 radical (unpaired) electrons. The Kier molecular flexibility index (Phi) is 5.79. The molecule has 0 unspecified atom stereocenters. The summed E-state index contributed by atoms with van der Waals surface area (Å²) < 4.78 is 12.2. The molecule has 0 aliphatic heterocycles. The van der Waals surface area contributed by atoms with Gasteiger partial charge in [-0.15, -0.1) is 0 Å². The molecule has 5 nitrogen and oxygen atoms in total. The second-order valence-electron chi connectivity index (χ2n) is 6.93. The lowest BCUT2D eigenvalue weighted by Gasteiger charge is -2.30. The molecule has 3 N–H and O–H groups in total. The van der Waals surface area contributed by atoms with Crippen molar-refractivity contribution in [3.63, 3.8) is 0 Å². The molecule has 1 saturated carbocycles. The highest BCUT2D eigenvalue weighted by Crippen LogP contribution is 2.31. The third kappa shape index (κ3) is 5.94. The number of amides is 1. The molecule has 1 fully saturated rings. The molecule has 1 amide bonds. The van der Waals surface area contributed by atoms with Crippen LogP contribution in [0.5, 0.6) is 5.75 Å². The molecule has 1 aromatic rings. The van der Waals surface area contributed by atoms with Crippen molar-refractivity contribution in [2.45, 2.75) is 64.2 Å². The fourth-order valence-electron chi connectivity index (χ4n) is 2.59. The van der Waals surface area contributed by atoms with Crippen LogP contribution in [0.25, 0.3) is 0 Å². The highest BCUT2D eigenvalue weighted by Gasteiger charge is 2.26. The largest absolute Gasteiger partial charge is 0.489 e. The van der Waals surface area contributed by atoms with Crippen LogP contribution in [0.4, 0.5) is 10.5 Å². The van der Waals surface area contributed by atoms with Crippen molar-refractivity contribution >= 4 is 27.7 Å². The highest BCUT2D eigenvalue weighted by molar-refractivity contribution is 9.10. The Morgan fingerprint density at radius 2 is 1.91 bits per heavy atom. The minimum atomic E-state index is -0.466. The molecule has 23 heavy (non-hydrogen) atoms. The van der Waals surface area contributed by atoms with Crippen LogP contribution < -0.4 is 15.8 Å². The lowest BCUT2D eigenvalue weighted by Crippen LogP contribution is -2.42. The molecule has 0 atom stereocenters. The van der Waals surface area contributed by atoms with Crippen LogP contribution >= 0.6 is 15.9 Å². The number of alkyl carbamates (subject to hydrolysis) is 1. The smallest absolute Gasteiger partial charge is 0.407 e. The van der Waals surface area contributed by atoms with Gasteiger partial charge in [0.05, 0.1) is 10.6 Å². The summed E-state index contributed by atoms with van der Waals surface area (Å²) in [5.41, 5.74) is 5.97. The van der Waals surface area contributed by atoms with Gasteiger partial charge < -0.3 is 20.5 Å². The van der Waals surface area contributed by atoms with Crippen molar-refractivity contribution in [3.8, 4) is 5.75 Å². The molecule has 0 heterocycles. The molecule has 128 valence electrons. The Labute approximate surface area is 146 Å². The molecule has 6 heteroatoms. The molecule has 1 aliphatic rings. The van der Waals surface area contributed by atoms with Crippen LogP contribution in [-0.2, 0) is 4.74 Å². The molecule has 0 spiro atoms. The number of rotatable bonds is 3. The summed E-state index contributed by atoms with van der Waals surface area (Å²) in [6.45, 7) is 5.59. The quantitative estimate of drug-likeness (QED) is 0.763. The molecule has 1 aromatic carbocycles. The van der Waals surface area contributed by atoms with Gasteiger partial charge >= 0.3 is 6.09 Å². The first-order valence-corrected chi connectivity index (χ1v) is 8.73. The van der Waals surface area contributed by atoms with Gasteiger partial charge in [0.1, 0.15) is 11.4 Å². The number of nitrogens with two attached hydrogens (primary N) is 1. The molecule has 2 rings (SSSR count). The normalized spacial score (nSPS) is 21.6. The Morgan fingerprint density at radius 3 is 2.48 bits per heavy atom. The number of hydrogen-bond donors (Lipinski definition) is 2. The first-order chi connectivity index (χ1) is 10.7. The maximum absolute atomic E-state index is 11.8. The number of halogens is 1. The van der Waals surface area contributed by atoms with E-state index in [-0.39, 0.29) is 18.2 Å². The predicted octanol–water partition coefficient (Wildman–Crippen LogP) is 4.25. The molecule has 0 aromatic heterocycles. The number of nitrogens with one attached hydrogen (secondary N) is 1. The number of carbonyl (C=O) groups excluding carboxylic acids is 1. The number of ether oxygens (including phenoxy) is 2. The van der Waals surface area contributed by atoms with E-state index in [4.69, 9.17) is 15.2 Å². The van der Waals surface area contributed by atoms with Gasteiger partial charge in [0.2, 0.25) is 0 Å². The predicted molar refractivity (Wildman–Crippen MR) is 94.6 cm³/mol. The summed E-state index contributed by atoms with van der Waals surface area (Å²) in [7, 11) is 0. The summed E-state index contributed by atoms with van der Waals surface area (Å²) >= 11 is 3.47. The average molecular weight is 385 g/mol. The van der Waals surface area contributed by atoms with E-state index in [0.29, 0.717) is 5.69 Å². The average Bonchev–Trinajstić information content (AvgIpc) is 2.42. The summed E-state index contributed by atoms with van der Waals surface area (Å²) in [5.74, 6) is 0.808. The van der Waals surface area contributed by atoms with Gasteiger partial charge in [-0.05, 0) is 80.6 Å². The van der Waals surface area contributed by atoms with E-state index < -0.39 is 5.60 Å². The van der Waals surface area contributed by atoms with Gasteiger partial charge in [-0.25, -0.2) is 4.79 Å². The van der Waals surface area contributed by atoms with Crippen molar-refractivity contribution in [3.05, 3.63) is 22.7 Å². The van der Waals surface area contributed by atoms with Crippen LogP contribution in [0, 0.1) is 0 Å². The third-order valence-electron chi connectivity index (χ3n) is 3.64. The topological polar surface area (TPSA) is 73.6 Å². The van der Waals surface area contributed by atoms with Gasteiger partial charge in [0, 0.05) is 11.7 Å². The summed E-state index contributed by atoms with van der Waals surface area (Å²) in [5, 5.41) is 2.94. The van der Waals surface area contributed by atoms with E-state index in [1.54, 1.807) is 0 Å². The zero-order chi connectivity index (χ0) is 17.0. The van der Waals surface area contributed by atoms with E-state index in [9.17, 15) is 4.79 Å². The number of hydrogen-bond acceptors (Lipinski definition) is 4. The van der Waals surface area contributed by atoms with Crippen molar-refractivity contribution in [1.29, 1.82) is 0 Å². The lowest BCUT2D eigenvalue weighted by atomic mass is 9.93. The van der Waals surface area contributed by atoms with Gasteiger partial charge in [-0.2, -0.15) is 0 Å². The first-order valence-electron chi connectivity index (χ1n) is 7.94. The number of carbonyl (C=O) groups is 1. The fraction of sp³-hybridized carbons (Fsp3) is 0.588. The van der Waals surface area contributed by atoms with Crippen LogP contribution in [0.15, 0.2) is 22.7 Å². The monoisotopic (exact) mass is 384 g/mol. The number of nitrogen functional groups attached to an aromatic ring is 1. The van der Waals surface area contributed by atoms with Gasteiger partial charge in [0.15, 0.2) is 0 Å². The van der Waals surface area contributed by atoms with Crippen LogP contribution in [0.2, 0.25) is 0 Å². The Morgan fingerprint density at radius 1 is 1.26 bits per heavy atom. The summed E-state index contributed by atoms with van der Waals surface area (Å²) in [4.78, 5) is 11.8. The van der Waals surface area contributed by atoms with Crippen molar-refractivity contribution in [2.75, 3.05) is 5.73 Å². The van der Waals surface area contributed by atoms with Crippen LogP contribution in [-0.4, -0.2) is 23.8 Å². The molecular formula is C17H25BrN2O3. The van der Waals surface area contributed by atoms with Gasteiger partial charge in [-0.1, -0.05) is 0 Å². The Bertz CT molecular complexity index is 549. The molecule has 0 bridgehead atoms. The fourth-order valence-corrected chi connectivity index (χ4v) is 3.08. The minimum absolute atomic E-state index is 0.152.